The van der Waals surface area contributed by atoms with Gasteiger partial charge in [0.15, 0.2) is 6.61 Å². The number of anilines is 1. The first kappa shape index (κ1) is 18.2. The van der Waals surface area contributed by atoms with Gasteiger partial charge in [-0.25, -0.2) is 0 Å². The molecule has 0 aliphatic carbocycles. The van der Waals surface area contributed by atoms with Crippen LogP contribution < -0.4 is 10.1 Å². The number of aryl methyl sites for hydroxylation is 2. The molecule has 0 unspecified atom stereocenters. The van der Waals surface area contributed by atoms with Crippen LogP contribution in [0.15, 0.2) is 40.9 Å². The summed E-state index contributed by atoms with van der Waals surface area (Å²) in [7, 11) is 0. The number of amides is 1. The first-order valence-electron chi connectivity index (χ1n) is 7.87. The third kappa shape index (κ3) is 4.45. The summed E-state index contributed by atoms with van der Waals surface area (Å²) in [5, 5.41) is 2.96. The second-order valence-electron chi connectivity index (χ2n) is 5.30. The maximum absolute atomic E-state index is 12.2. The lowest BCUT2D eigenvalue weighted by molar-refractivity contribution is -0.118. The van der Waals surface area contributed by atoms with E-state index in [4.69, 9.17) is 4.74 Å². The van der Waals surface area contributed by atoms with E-state index in [1.165, 1.54) is 0 Å². The molecule has 0 heterocycles. The molecule has 0 spiro atoms. The Bertz CT molecular complexity index is 721. The SMILES string of the molecule is CCc1cccc(CC)c1NC(=O)COc1ccc(C=O)cc1Br. The van der Waals surface area contributed by atoms with Crippen LogP contribution in [0.4, 0.5) is 5.69 Å². The molecular weight excluding hydrogens is 370 g/mol. The van der Waals surface area contributed by atoms with E-state index in [1.54, 1.807) is 18.2 Å². The van der Waals surface area contributed by atoms with Gasteiger partial charge in [0, 0.05) is 11.3 Å². The van der Waals surface area contributed by atoms with E-state index in [2.05, 4.69) is 35.1 Å². The quantitative estimate of drug-likeness (QED) is 0.713. The Morgan fingerprint density at radius 3 is 2.38 bits per heavy atom. The molecule has 1 amide bonds. The molecule has 24 heavy (non-hydrogen) atoms. The Kier molecular flexibility index (Phi) is 6.55. The average Bonchev–Trinajstić information content (AvgIpc) is 2.60. The minimum atomic E-state index is -0.211. The lowest BCUT2D eigenvalue weighted by Crippen LogP contribution is -2.22. The van der Waals surface area contributed by atoms with E-state index in [9.17, 15) is 9.59 Å². The zero-order valence-corrected chi connectivity index (χ0v) is 15.4. The summed E-state index contributed by atoms with van der Waals surface area (Å²) >= 11 is 3.33. The van der Waals surface area contributed by atoms with Crippen molar-refractivity contribution in [2.24, 2.45) is 0 Å². The van der Waals surface area contributed by atoms with Crippen molar-refractivity contribution in [1.29, 1.82) is 0 Å². The minimum absolute atomic E-state index is 0.0970. The van der Waals surface area contributed by atoms with E-state index in [-0.39, 0.29) is 12.5 Å². The predicted octanol–water partition coefficient (Wildman–Crippen LogP) is 4.40. The summed E-state index contributed by atoms with van der Waals surface area (Å²) in [6, 6.07) is 11.0. The van der Waals surface area contributed by atoms with Gasteiger partial charge >= 0.3 is 0 Å². The molecule has 0 fully saturated rings. The largest absolute Gasteiger partial charge is 0.483 e. The van der Waals surface area contributed by atoms with Gasteiger partial charge in [-0.3, -0.25) is 9.59 Å². The molecular formula is C19H20BrNO3. The second-order valence-corrected chi connectivity index (χ2v) is 6.16. The van der Waals surface area contributed by atoms with Gasteiger partial charge in [-0.15, -0.1) is 0 Å². The van der Waals surface area contributed by atoms with Crippen LogP contribution >= 0.6 is 15.9 Å². The zero-order valence-electron chi connectivity index (χ0n) is 13.8. The van der Waals surface area contributed by atoms with Gasteiger partial charge in [-0.2, -0.15) is 0 Å². The molecule has 4 nitrogen and oxygen atoms in total. The first-order valence-corrected chi connectivity index (χ1v) is 8.66. The summed E-state index contributed by atoms with van der Waals surface area (Å²) in [6.45, 7) is 4.03. The maximum atomic E-state index is 12.2. The second kappa shape index (κ2) is 8.64. The van der Waals surface area contributed by atoms with Gasteiger partial charge in [0.1, 0.15) is 12.0 Å². The summed E-state index contributed by atoms with van der Waals surface area (Å²) in [6.07, 6.45) is 2.46. The number of ether oxygens (including phenoxy) is 1. The summed E-state index contributed by atoms with van der Waals surface area (Å²) in [4.78, 5) is 23.0. The number of rotatable bonds is 7. The topological polar surface area (TPSA) is 55.4 Å². The summed E-state index contributed by atoms with van der Waals surface area (Å²) < 4.78 is 6.18. The number of para-hydroxylation sites is 1. The lowest BCUT2D eigenvalue weighted by Gasteiger charge is -2.15. The van der Waals surface area contributed by atoms with Gasteiger partial charge in [-0.05, 0) is 58.1 Å². The minimum Gasteiger partial charge on any atom is -0.483 e. The van der Waals surface area contributed by atoms with Crippen LogP contribution in [0.1, 0.15) is 35.3 Å². The standard InChI is InChI=1S/C19H20BrNO3/c1-3-14-6-5-7-15(4-2)19(14)21-18(23)12-24-17-9-8-13(11-22)10-16(17)20/h5-11H,3-4,12H2,1-2H3,(H,21,23). The van der Waals surface area contributed by atoms with Crippen LogP contribution in [-0.2, 0) is 17.6 Å². The third-order valence-corrected chi connectivity index (χ3v) is 4.33. The number of carbonyl (C=O) groups is 2. The van der Waals surface area contributed by atoms with E-state index in [0.717, 1.165) is 35.9 Å². The van der Waals surface area contributed by atoms with E-state index in [0.29, 0.717) is 15.8 Å². The Balaban J connectivity index is 2.05. The Labute approximate surface area is 150 Å². The number of halogens is 1. The van der Waals surface area contributed by atoms with Crippen LogP contribution in [-0.4, -0.2) is 18.8 Å². The highest BCUT2D eigenvalue weighted by atomic mass is 79.9. The Morgan fingerprint density at radius 1 is 1.17 bits per heavy atom. The smallest absolute Gasteiger partial charge is 0.262 e. The zero-order chi connectivity index (χ0) is 17.5. The van der Waals surface area contributed by atoms with Gasteiger partial charge in [-0.1, -0.05) is 32.0 Å². The van der Waals surface area contributed by atoms with Crippen LogP contribution in [0.5, 0.6) is 5.75 Å². The Morgan fingerprint density at radius 2 is 1.83 bits per heavy atom. The van der Waals surface area contributed by atoms with Crippen LogP contribution in [0.2, 0.25) is 0 Å². The number of aldehydes is 1. The van der Waals surface area contributed by atoms with Crippen LogP contribution in [0.25, 0.3) is 0 Å². The predicted molar refractivity (Wildman–Crippen MR) is 98.9 cm³/mol. The maximum Gasteiger partial charge on any atom is 0.262 e. The summed E-state index contributed by atoms with van der Waals surface area (Å²) in [5.41, 5.74) is 3.65. The normalized spacial score (nSPS) is 10.3. The molecule has 0 bridgehead atoms. The summed E-state index contributed by atoms with van der Waals surface area (Å²) in [5.74, 6) is 0.312. The molecule has 0 saturated heterocycles. The number of carbonyl (C=O) groups excluding carboxylic acids is 2. The van der Waals surface area contributed by atoms with Gasteiger partial charge < -0.3 is 10.1 Å². The van der Waals surface area contributed by atoms with Gasteiger partial charge in [0.05, 0.1) is 4.47 Å². The van der Waals surface area contributed by atoms with Crippen molar-refractivity contribution in [1.82, 2.24) is 0 Å². The van der Waals surface area contributed by atoms with Crippen LogP contribution in [0.3, 0.4) is 0 Å². The van der Waals surface area contributed by atoms with Crippen LogP contribution in [0, 0.1) is 0 Å². The number of hydrogen-bond acceptors (Lipinski definition) is 3. The average molecular weight is 390 g/mol. The molecule has 1 N–H and O–H groups in total. The molecule has 0 radical (unpaired) electrons. The fourth-order valence-electron chi connectivity index (χ4n) is 2.43. The fourth-order valence-corrected chi connectivity index (χ4v) is 2.94. The molecule has 2 aromatic rings. The highest BCUT2D eigenvalue weighted by molar-refractivity contribution is 9.10. The number of nitrogens with one attached hydrogen (secondary N) is 1. The van der Waals surface area contributed by atoms with E-state index < -0.39 is 0 Å². The molecule has 0 atom stereocenters. The highest BCUT2D eigenvalue weighted by Gasteiger charge is 2.11. The van der Waals surface area contributed by atoms with E-state index >= 15 is 0 Å². The van der Waals surface area contributed by atoms with Crippen molar-refractivity contribution < 1.29 is 14.3 Å². The van der Waals surface area contributed by atoms with Crippen molar-refractivity contribution in [2.45, 2.75) is 26.7 Å². The van der Waals surface area contributed by atoms with Gasteiger partial charge in [0.2, 0.25) is 0 Å². The third-order valence-electron chi connectivity index (χ3n) is 3.71. The van der Waals surface area contributed by atoms with E-state index in [1.807, 2.05) is 18.2 Å². The van der Waals surface area contributed by atoms with Crippen molar-refractivity contribution in [3.05, 3.63) is 57.6 Å². The fraction of sp³-hybridized carbons (Fsp3) is 0.263. The highest BCUT2D eigenvalue weighted by Crippen LogP contribution is 2.26. The van der Waals surface area contributed by atoms with Gasteiger partial charge in [0.25, 0.3) is 5.91 Å². The molecule has 0 aliphatic heterocycles. The van der Waals surface area contributed by atoms with Crippen molar-refractivity contribution >= 4 is 33.8 Å². The first-order chi connectivity index (χ1) is 11.6. The number of benzene rings is 2. The van der Waals surface area contributed by atoms with Crippen molar-refractivity contribution in [2.75, 3.05) is 11.9 Å². The number of hydrogen-bond donors (Lipinski definition) is 1. The molecule has 0 saturated carbocycles. The molecule has 2 rings (SSSR count). The molecule has 0 aromatic heterocycles. The lowest BCUT2D eigenvalue weighted by atomic mass is 10.0. The monoisotopic (exact) mass is 389 g/mol. The molecule has 0 aliphatic rings. The van der Waals surface area contributed by atoms with Crippen molar-refractivity contribution in [3.8, 4) is 5.75 Å². The molecule has 5 heteroatoms. The Hall–Kier alpha value is -2.14. The molecule has 126 valence electrons. The van der Waals surface area contributed by atoms with Crippen molar-refractivity contribution in [3.63, 3.8) is 0 Å². The molecule has 2 aromatic carbocycles.